The Morgan fingerprint density at radius 2 is 2.18 bits per heavy atom. The molecule has 1 unspecified atom stereocenters. The van der Waals surface area contributed by atoms with E-state index in [0.29, 0.717) is 6.42 Å². The van der Waals surface area contributed by atoms with Gasteiger partial charge in [0, 0.05) is 16.7 Å². The number of carbonyl (C=O) groups is 1. The summed E-state index contributed by atoms with van der Waals surface area (Å²) in [5.74, 6) is 0.332. The predicted octanol–water partition coefficient (Wildman–Crippen LogP) is 1.46. The first-order valence-electron chi connectivity index (χ1n) is 5.42. The van der Waals surface area contributed by atoms with Crippen molar-refractivity contribution in [1.29, 1.82) is 0 Å². The maximum absolute atomic E-state index is 10.8. The number of hydrogen-bond acceptors (Lipinski definition) is 3. The lowest BCUT2D eigenvalue weighted by Crippen LogP contribution is -2.36. The van der Waals surface area contributed by atoms with Gasteiger partial charge in [-0.05, 0) is 18.6 Å². The van der Waals surface area contributed by atoms with Crippen molar-refractivity contribution in [2.75, 3.05) is 5.75 Å². The number of hydrogen-bond donors (Lipinski definition) is 3. The number of aromatic nitrogens is 1. The molecule has 5 N–H and O–H groups in total. The molecule has 1 amide bonds. The molecule has 1 heterocycles. The van der Waals surface area contributed by atoms with E-state index < -0.39 is 11.9 Å². The van der Waals surface area contributed by atoms with Crippen LogP contribution in [0.5, 0.6) is 0 Å². The summed E-state index contributed by atoms with van der Waals surface area (Å²) in [5.41, 5.74) is 11.8. The van der Waals surface area contributed by atoms with Crippen LogP contribution in [0.1, 0.15) is 6.42 Å². The first kappa shape index (κ1) is 12.0. The second-order valence-electron chi connectivity index (χ2n) is 3.87. The molecule has 0 radical (unpaired) electrons. The van der Waals surface area contributed by atoms with Crippen molar-refractivity contribution < 1.29 is 4.79 Å². The van der Waals surface area contributed by atoms with Gasteiger partial charge in [0.05, 0.1) is 11.1 Å². The number of rotatable bonds is 5. The van der Waals surface area contributed by atoms with Gasteiger partial charge < -0.3 is 16.5 Å². The van der Waals surface area contributed by atoms with Crippen molar-refractivity contribution in [3.05, 3.63) is 30.3 Å². The lowest BCUT2D eigenvalue weighted by Gasteiger charge is -2.05. The van der Waals surface area contributed by atoms with Crippen LogP contribution in [0.15, 0.2) is 35.4 Å². The van der Waals surface area contributed by atoms with Crippen molar-refractivity contribution in [2.24, 2.45) is 11.5 Å². The van der Waals surface area contributed by atoms with E-state index in [1.807, 2.05) is 18.2 Å². The highest BCUT2D eigenvalue weighted by atomic mass is 32.2. The molecule has 0 aliphatic heterocycles. The molecule has 5 heteroatoms. The highest BCUT2D eigenvalue weighted by molar-refractivity contribution is 7.99. The number of para-hydroxylation sites is 1. The van der Waals surface area contributed by atoms with Crippen LogP contribution in [0.2, 0.25) is 0 Å². The highest BCUT2D eigenvalue weighted by Crippen LogP contribution is 2.23. The van der Waals surface area contributed by atoms with E-state index in [9.17, 15) is 4.79 Å². The van der Waals surface area contributed by atoms with E-state index in [1.54, 1.807) is 11.8 Å². The Morgan fingerprint density at radius 1 is 1.41 bits per heavy atom. The minimum Gasteiger partial charge on any atom is -0.368 e. The van der Waals surface area contributed by atoms with Crippen molar-refractivity contribution in [3.8, 4) is 0 Å². The van der Waals surface area contributed by atoms with Crippen molar-refractivity contribution in [1.82, 2.24) is 4.98 Å². The number of H-pyrrole nitrogens is 1. The minimum absolute atomic E-state index is 0.442. The number of nitrogens with two attached hydrogens (primary N) is 2. The summed E-state index contributed by atoms with van der Waals surface area (Å²) in [5, 5.41) is 2.28. The van der Waals surface area contributed by atoms with Gasteiger partial charge in [0.1, 0.15) is 0 Å². The van der Waals surface area contributed by atoms with Gasteiger partial charge in [0.15, 0.2) is 0 Å². The second-order valence-corrected chi connectivity index (χ2v) is 5.00. The highest BCUT2D eigenvalue weighted by Gasteiger charge is 2.09. The second kappa shape index (κ2) is 5.25. The summed E-state index contributed by atoms with van der Waals surface area (Å²) in [6.07, 6.45) is 0.593. The van der Waals surface area contributed by atoms with E-state index in [4.69, 9.17) is 11.5 Å². The fourth-order valence-electron chi connectivity index (χ4n) is 1.56. The molecule has 0 saturated carbocycles. The lowest BCUT2D eigenvalue weighted by atomic mass is 10.2. The summed E-state index contributed by atoms with van der Waals surface area (Å²) >= 11 is 1.65. The number of carbonyl (C=O) groups excluding carboxylic acids is 1. The number of thioether (sulfide) groups is 1. The Balaban J connectivity index is 1.93. The van der Waals surface area contributed by atoms with Gasteiger partial charge >= 0.3 is 0 Å². The first-order chi connectivity index (χ1) is 8.16. The van der Waals surface area contributed by atoms with Crippen molar-refractivity contribution in [3.63, 3.8) is 0 Å². The Kier molecular flexibility index (Phi) is 3.71. The fourth-order valence-corrected chi connectivity index (χ4v) is 2.55. The lowest BCUT2D eigenvalue weighted by molar-refractivity contribution is -0.119. The average Bonchev–Trinajstić information content (AvgIpc) is 2.71. The number of primary amides is 1. The zero-order chi connectivity index (χ0) is 12.3. The standard InChI is InChI=1S/C12H15N3OS/c13-9(12(14)16)5-6-17-11-7-8-3-1-2-4-10(8)15-11/h1-4,7,9,15H,5-6,13H2,(H2,14,16). The van der Waals surface area contributed by atoms with Gasteiger partial charge in [0.25, 0.3) is 0 Å². The normalized spacial score (nSPS) is 12.8. The molecule has 0 bridgehead atoms. The maximum Gasteiger partial charge on any atom is 0.234 e. The zero-order valence-corrected chi connectivity index (χ0v) is 10.2. The zero-order valence-electron chi connectivity index (χ0n) is 9.35. The Morgan fingerprint density at radius 3 is 2.88 bits per heavy atom. The summed E-state index contributed by atoms with van der Waals surface area (Å²) in [4.78, 5) is 14.1. The average molecular weight is 249 g/mol. The molecule has 17 heavy (non-hydrogen) atoms. The number of benzene rings is 1. The van der Waals surface area contributed by atoms with Crippen LogP contribution in [-0.4, -0.2) is 22.7 Å². The van der Waals surface area contributed by atoms with Gasteiger partial charge in [-0.15, -0.1) is 11.8 Å². The molecule has 4 nitrogen and oxygen atoms in total. The molecule has 0 spiro atoms. The van der Waals surface area contributed by atoms with Gasteiger partial charge in [-0.25, -0.2) is 0 Å². The number of fused-ring (bicyclic) bond motifs is 1. The molecular formula is C12H15N3OS. The van der Waals surface area contributed by atoms with E-state index in [0.717, 1.165) is 16.3 Å². The molecular weight excluding hydrogens is 234 g/mol. The third-order valence-corrected chi connectivity index (χ3v) is 3.53. The van der Waals surface area contributed by atoms with Crippen molar-refractivity contribution in [2.45, 2.75) is 17.5 Å². The van der Waals surface area contributed by atoms with Crippen LogP contribution in [-0.2, 0) is 4.79 Å². The number of nitrogens with one attached hydrogen (secondary N) is 1. The van der Waals surface area contributed by atoms with E-state index >= 15 is 0 Å². The third kappa shape index (κ3) is 3.01. The molecule has 2 aromatic rings. The monoisotopic (exact) mass is 249 g/mol. The fraction of sp³-hybridized carbons (Fsp3) is 0.250. The Labute approximate surface area is 104 Å². The molecule has 1 aromatic heterocycles. The molecule has 0 aliphatic rings. The van der Waals surface area contributed by atoms with Crippen molar-refractivity contribution >= 4 is 28.6 Å². The van der Waals surface area contributed by atoms with Gasteiger partial charge in [-0.1, -0.05) is 18.2 Å². The van der Waals surface area contributed by atoms with Crippen LogP contribution < -0.4 is 11.5 Å². The molecule has 0 saturated heterocycles. The molecule has 0 aliphatic carbocycles. The van der Waals surface area contributed by atoms with Crippen LogP contribution in [0.25, 0.3) is 10.9 Å². The van der Waals surface area contributed by atoms with Crippen LogP contribution >= 0.6 is 11.8 Å². The topological polar surface area (TPSA) is 84.9 Å². The number of amides is 1. The van der Waals surface area contributed by atoms with E-state index in [-0.39, 0.29) is 0 Å². The third-order valence-electron chi connectivity index (χ3n) is 2.56. The van der Waals surface area contributed by atoms with Gasteiger partial charge in [-0.2, -0.15) is 0 Å². The van der Waals surface area contributed by atoms with E-state index in [2.05, 4.69) is 17.1 Å². The van der Waals surface area contributed by atoms with Crippen LogP contribution in [0.4, 0.5) is 0 Å². The largest absolute Gasteiger partial charge is 0.368 e. The molecule has 90 valence electrons. The number of aromatic amines is 1. The maximum atomic E-state index is 10.8. The van der Waals surface area contributed by atoms with Crippen LogP contribution in [0.3, 0.4) is 0 Å². The molecule has 1 aromatic carbocycles. The summed E-state index contributed by atoms with van der Waals surface area (Å²) in [7, 11) is 0. The summed E-state index contributed by atoms with van der Waals surface area (Å²) < 4.78 is 0. The van der Waals surface area contributed by atoms with E-state index in [1.165, 1.54) is 5.39 Å². The summed E-state index contributed by atoms with van der Waals surface area (Å²) in [6.45, 7) is 0. The minimum atomic E-state index is -0.549. The van der Waals surface area contributed by atoms with Crippen LogP contribution in [0, 0.1) is 0 Å². The molecule has 2 rings (SSSR count). The molecule has 0 fully saturated rings. The Bertz CT molecular complexity index is 490. The van der Waals surface area contributed by atoms with Gasteiger partial charge in [0.2, 0.25) is 5.91 Å². The quantitative estimate of drug-likeness (QED) is 0.701. The predicted molar refractivity (Wildman–Crippen MR) is 70.8 cm³/mol. The smallest absolute Gasteiger partial charge is 0.234 e. The summed E-state index contributed by atoms with van der Waals surface area (Å²) in [6, 6.07) is 9.64. The SMILES string of the molecule is NC(=O)C(N)CCSc1cc2ccccc2[nH]1. The first-order valence-corrected chi connectivity index (χ1v) is 6.41. The molecule has 1 atom stereocenters. The Hall–Kier alpha value is -1.46. The van der Waals surface area contributed by atoms with Gasteiger partial charge in [-0.3, -0.25) is 4.79 Å².